The van der Waals surface area contributed by atoms with E-state index in [1.165, 1.54) is 5.56 Å². The van der Waals surface area contributed by atoms with E-state index in [4.69, 9.17) is 11.6 Å². The maximum Gasteiger partial charge on any atom is 0.244 e. The third-order valence-electron chi connectivity index (χ3n) is 3.85. The second-order valence-electron chi connectivity index (χ2n) is 5.67. The number of hydrogen-bond donors (Lipinski definition) is 1. The lowest BCUT2D eigenvalue weighted by Crippen LogP contribution is -2.19. The Kier molecular flexibility index (Phi) is 5.46. The molecule has 1 N–H and O–H groups in total. The molecule has 0 aliphatic carbocycles. The minimum Gasteiger partial charge on any atom is -0.349 e. The van der Waals surface area contributed by atoms with E-state index >= 15 is 0 Å². The van der Waals surface area contributed by atoms with E-state index in [9.17, 15) is 0 Å². The molecule has 2 aromatic carbocycles. The highest BCUT2D eigenvalue weighted by Crippen LogP contribution is 2.24. The molecule has 0 radical (unpaired) electrons. The molecule has 0 fully saturated rings. The maximum absolute atomic E-state index is 6.18. The summed E-state index contributed by atoms with van der Waals surface area (Å²) in [6.45, 7) is 5.49. The van der Waals surface area contributed by atoms with E-state index in [1.54, 1.807) is 6.20 Å². The second kappa shape index (κ2) is 7.94. The standard InChI is InChI=1S/C19H20ClN5/c1-3-25(16-9-6-7-14(2)11-16)18-13-22-24-19(23-18)21-12-15-8-4-5-10-17(15)20/h4-11,13H,3,12H2,1-2H3,(H,21,23,24). The van der Waals surface area contributed by atoms with Crippen molar-refractivity contribution in [3.05, 3.63) is 70.9 Å². The molecule has 0 unspecified atom stereocenters. The van der Waals surface area contributed by atoms with Gasteiger partial charge in [0, 0.05) is 23.8 Å². The SMILES string of the molecule is CCN(c1cccc(C)c1)c1cnnc(NCc2ccccc2Cl)n1. The second-order valence-corrected chi connectivity index (χ2v) is 6.07. The Morgan fingerprint density at radius 3 is 2.72 bits per heavy atom. The summed E-state index contributed by atoms with van der Waals surface area (Å²) in [5, 5.41) is 12.1. The van der Waals surface area contributed by atoms with Crippen molar-refractivity contribution in [2.75, 3.05) is 16.8 Å². The fourth-order valence-electron chi connectivity index (χ4n) is 2.59. The van der Waals surface area contributed by atoms with Crippen molar-refractivity contribution in [1.29, 1.82) is 0 Å². The van der Waals surface area contributed by atoms with E-state index in [0.29, 0.717) is 17.5 Å². The van der Waals surface area contributed by atoms with Crippen LogP contribution in [0.2, 0.25) is 5.02 Å². The van der Waals surface area contributed by atoms with Gasteiger partial charge < -0.3 is 10.2 Å². The smallest absolute Gasteiger partial charge is 0.244 e. The lowest BCUT2D eigenvalue weighted by molar-refractivity contribution is 0.905. The first-order chi connectivity index (χ1) is 12.2. The molecule has 0 bridgehead atoms. The molecule has 0 saturated carbocycles. The molecule has 5 nitrogen and oxygen atoms in total. The number of hydrogen-bond acceptors (Lipinski definition) is 5. The summed E-state index contributed by atoms with van der Waals surface area (Å²) < 4.78 is 0. The van der Waals surface area contributed by atoms with Crippen molar-refractivity contribution in [2.24, 2.45) is 0 Å². The Hall–Kier alpha value is -2.66. The summed E-state index contributed by atoms with van der Waals surface area (Å²) in [7, 11) is 0. The summed E-state index contributed by atoms with van der Waals surface area (Å²) in [5.74, 6) is 1.23. The topological polar surface area (TPSA) is 53.9 Å². The summed E-state index contributed by atoms with van der Waals surface area (Å²) >= 11 is 6.18. The van der Waals surface area contributed by atoms with E-state index in [-0.39, 0.29) is 0 Å². The Morgan fingerprint density at radius 1 is 1.12 bits per heavy atom. The van der Waals surface area contributed by atoms with Gasteiger partial charge in [0.25, 0.3) is 0 Å². The molecule has 25 heavy (non-hydrogen) atoms. The van der Waals surface area contributed by atoms with Gasteiger partial charge in [-0.3, -0.25) is 0 Å². The van der Waals surface area contributed by atoms with Gasteiger partial charge in [0.05, 0.1) is 6.20 Å². The quantitative estimate of drug-likeness (QED) is 0.701. The van der Waals surface area contributed by atoms with Crippen molar-refractivity contribution in [1.82, 2.24) is 15.2 Å². The number of halogens is 1. The van der Waals surface area contributed by atoms with E-state index in [0.717, 1.165) is 23.6 Å². The van der Waals surface area contributed by atoms with Gasteiger partial charge in [-0.25, -0.2) is 0 Å². The van der Waals surface area contributed by atoms with Gasteiger partial charge in [0.2, 0.25) is 5.95 Å². The zero-order valence-corrected chi connectivity index (χ0v) is 15.0. The van der Waals surface area contributed by atoms with Crippen LogP contribution in [0.25, 0.3) is 0 Å². The normalized spacial score (nSPS) is 10.5. The minimum absolute atomic E-state index is 0.475. The van der Waals surface area contributed by atoms with Crippen LogP contribution in [0.15, 0.2) is 54.7 Å². The third kappa shape index (κ3) is 4.25. The zero-order valence-electron chi connectivity index (χ0n) is 14.3. The molecular formula is C19H20ClN5. The van der Waals surface area contributed by atoms with Crippen molar-refractivity contribution >= 4 is 29.1 Å². The molecular weight excluding hydrogens is 334 g/mol. The van der Waals surface area contributed by atoms with Gasteiger partial charge in [0.15, 0.2) is 5.82 Å². The number of nitrogens with one attached hydrogen (secondary N) is 1. The molecule has 1 aromatic heterocycles. The summed E-state index contributed by atoms with van der Waals surface area (Å²) in [4.78, 5) is 6.69. The largest absolute Gasteiger partial charge is 0.349 e. The van der Waals surface area contributed by atoms with E-state index in [1.807, 2.05) is 30.3 Å². The van der Waals surface area contributed by atoms with Crippen molar-refractivity contribution < 1.29 is 0 Å². The van der Waals surface area contributed by atoms with Crippen LogP contribution in [0, 0.1) is 6.92 Å². The maximum atomic E-state index is 6.18. The van der Waals surface area contributed by atoms with Crippen molar-refractivity contribution in [3.8, 4) is 0 Å². The summed E-state index contributed by atoms with van der Waals surface area (Å²) in [6.07, 6.45) is 1.67. The van der Waals surface area contributed by atoms with E-state index in [2.05, 4.69) is 57.4 Å². The Balaban J connectivity index is 1.79. The molecule has 0 saturated heterocycles. The Morgan fingerprint density at radius 2 is 1.96 bits per heavy atom. The van der Waals surface area contributed by atoms with Crippen LogP contribution in [-0.4, -0.2) is 21.7 Å². The molecule has 0 atom stereocenters. The van der Waals surface area contributed by atoms with Crippen LogP contribution in [0.4, 0.5) is 17.5 Å². The Labute approximate surface area is 152 Å². The number of benzene rings is 2. The predicted molar refractivity (Wildman–Crippen MR) is 102 cm³/mol. The Bertz CT molecular complexity index is 852. The summed E-state index contributed by atoms with van der Waals surface area (Å²) in [6, 6.07) is 16.0. The summed E-state index contributed by atoms with van der Waals surface area (Å²) in [5.41, 5.74) is 3.28. The van der Waals surface area contributed by atoms with Gasteiger partial charge in [-0.2, -0.15) is 10.1 Å². The number of rotatable bonds is 6. The van der Waals surface area contributed by atoms with Crippen LogP contribution < -0.4 is 10.2 Å². The van der Waals surface area contributed by atoms with Gasteiger partial charge in [-0.1, -0.05) is 41.9 Å². The predicted octanol–water partition coefficient (Wildman–Crippen LogP) is 4.60. The molecule has 0 aliphatic rings. The monoisotopic (exact) mass is 353 g/mol. The first kappa shape index (κ1) is 17.2. The third-order valence-corrected chi connectivity index (χ3v) is 4.22. The van der Waals surface area contributed by atoms with Crippen LogP contribution in [0.3, 0.4) is 0 Å². The highest BCUT2D eigenvalue weighted by molar-refractivity contribution is 6.31. The molecule has 0 amide bonds. The molecule has 0 spiro atoms. The fourth-order valence-corrected chi connectivity index (χ4v) is 2.79. The van der Waals surface area contributed by atoms with E-state index < -0.39 is 0 Å². The number of anilines is 3. The fraction of sp³-hybridized carbons (Fsp3) is 0.211. The zero-order chi connectivity index (χ0) is 17.6. The van der Waals surface area contributed by atoms with Crippen LogP contribution in [0.5, 0.6) is 0 Å². The van der Waals surface area contributed by atoms with Gasteiger partial charge in [0.1, 0.15) is 0 Å². The van der Waals surface area contributed by atoms with Crippen LogP contribution in [0.1, 0.15) is 18.1 Å². The molecule has 128 valence electrons. The average Bonchev–Trinajstić information content (AvgIpc) is 2.62. The first-order valence-corrected chi connectivity index (χ1v) is 8.56. The van der Waals surface area contributed by atoms with Crippen molar-refractivity contribution in [3.63, 3.8) is 0 Å². The van der Waals surface area contributed by atoms with Gasteiger partial charge in [-0.15, -0.1) is 5.10 Å². The van der Waals surface area contributed by atoms with Gasteiger partial charge in [-0.05, 0) is 43.2 Å². The molecule has 3 rings (SSSR count). The molecule has 0 aliphatic heterocycles. The van der Waals surface area contributed by atoms with Crippen molar-refractivity contribution in [2.45, 2.75) is 20.4 Å². The average molecular weight is 354 g/mol. The lowest BCUT2D eigenvalue weighted by Gasteiger charge is -2.22. The molecule has 1 heterocycles. The minimum atomic E-state index is 0.475. The molecule has 6 heteroatoms. The number of aromatic nitrogens is 3. The van der Waals surface area contributed by atoms with Gasteiger partial charge >= 0.3 is 0 Å². The molecule has 3 aromatic rings. The first-order valence-electron chi connectivity index (χ1n) is 8.18. The lowest BCUT2D eigenvalue weighted by atomic mass is 10.2. The number of aryl methyl sites for hydroxylation is 1. The van der Waals surface area contributed by atoms with Crippen LogP contribution in [-0.2, 0) is 6.54 Å². The van der Waals surface area contributed by atoms with Crippen LogP contribution >= 0.6 is 11.6 Å². The number of nitrogens with zero attached hydrogens (tertiary/aromatic N) is 4. The highest BCUT2D eigenvalue weighted by atomic mass is 35.5. The highest BCUT2D eigenvalue weighted by Gasteiger charge is 2.11.